The fraction of sp³-hybridized carbons (Fsp3) is 0.357. The molecule has 25 heavy (non-hydrogen) atoms. The van der Waals surface area contributed by atoms with Gasteiger partial charge in [0.05, 0.1) is 0 Å². The van der Waals surface area contributed by atoms with E-state index in [2.05, 4.69) is 21.4 Å². The van der Waals surface area contributed by atoms with Gasteiger partial charge in [-0.25, -0.2) is 9.55 Å². The topological polar surface area (TPSA) is 150 Å². The SMILES string of the molecule is Clc1ccc2c(c1CSc1ncc[nH]1)CCNCC2.O.O=P(O)(O)O. The van der Waals surface area contributed by atoms with Crippen molar-refractivity contribution in [2.75, 3.05) is 13.1 Å². The van der Waals surface area contributed by atoms with Crippen LogP contribution in [0.1, 0.15) is 16.7 Å². The van der Waals surface area contributed by atoms with E-state index in [0.717, 1.165) is 41.9 Å². The van der Waals surface area contributed by atoms with E-state index in [1.807, 2.05) is 12.3 Å². The van der Waals surface area contributed by atoms with Crippen LogP contribution >= 0.6 is 31.2 Å². The van der Waals surface area contributed by atoms with Crippen molar-refractivity contribution < 1.29 is 24.7 Å². The molecule has 2 aromatic rings. The first-order chi connectivity index (χ1) is 11.3. The predicted molar refractivity (Wildman–Crippen MR) is 97.8 cm³/mol. The first-order valence-corrected chi connectivity index (χ1v) is 10.2. The Morgan fingerprint density at radius 3 is 2.56 bits per heavy atom. The van der Waals surface area contributed by atoms with E-state index in [4.69, 9.17) is 30.8 Å². The number of rotatable bonds is 3. The number of benzene rings is 1. The van der Waals surface area contributed by atoms with Crippen LogP contribution in [0.15, 0.2) is 29.7 Å². The summed E-state index contributed by atoms with van der Waals surface area (Å²) in [6.45, 7) is 2.09. The Morgan fingerprint density at radius 2 is 1.92 bits per heavy atom. The average Bonchev–Trinajstić information content (AvgIpc) is 2.88. The number of fused-ring (bicyclic) bond motifs is 1. The lowest BCUT2D eigenvalue weighted by Crippen LogP contribution is -2.16. The molecule has 0 bridgehead atoms. The molecule has 7 N–H and O–H groups in total. The first-order valence-electron chi connectivity index (χ1n) is 7.25. The molecule has 0 fully saturated rings. The maximum absolute atomic E-state index is 8.88. The van der Waals surface area contributed by atoms with Gasteiger partial charge in [0.2, 0.25) is 0 Å². The Morgan fingerprint density at radius 1 is 1.24 bits per heavy atom. The van der Waals surface area contributed by atoms with E-state index in [9.17, 15) is 0 Å². The first kappa shape index (κ1) is 22.1. The predicted octanol–water partition coefficient (Wildman–Crippen LogP) is 1.29. The summed E-state index contributed by atoms with van der Waals surface area (Å²) in [5, 5.41) is 5.26. The summed E-state index contributed by atoms with van der Waals surface area (Å²) in [4.78, 5) is 28.9. The second-order valence-corrected chi connectivity index (χ2v) is 7.51. The van der Waals surface area contributed by atoms with E-state index in [1.165, 1.54) is 16.7 Å². The monoisotopic (exact) mass is 409 g/mol. The molecule has 1 aliphatic heterocycles. The summed E-state index contributed by atoms with van der Waals surface area (Å²) in [6.07, 6.45) is 5.77. The van der Waals surface area contributed by atoms with Crippen LogP contribution in [0.5, 0.6) is 0 Å². The number of aromatic nitrogens is 2. The normalized spacial score (nSPS) is 13.8. The number of halogens is 1. The van der Waals surface area contributed by atoms with Crippen molar-refractivity contribution in [3.63, 3.8) is 0 Å². The van der Waals surface area contributed by atoms with Crippen molar-refractivity contribution in [1.82, 2.24) is 15.3 Å². The highest BCUT2D eigenvalue weighted by Crippen LogP contribution is 2.30. The zero-order valence-corrected chi connectivity index (χ0v) is 15.7. The number of aromatic amines is 1. The van der Waals surface area contributed by atoms with Gasteiger partial charge in [0.25, 0.3) is 0 Å². The molecule has 0 amide bonds. The molecule has 8 nitrogen and oxygen atoms in total. The van der Waals surface area contributed by atoms with Gasteiger partial charge < -0.3 is 30.5 Å². The Kier molecular flexibility index (Phi) is 9.12. The zero-order valence-electron chi connectivity index (χ0n) is 13.3. The second kappa shape index (κ2) is 10.3. The van der Waals surface area contributed by atoms with Crippen LogP contribution in [-0.4, -0.2) is 43.2 Å². The number of phosphoric acid groups is 1. The highest BCUT2D eigenvalue weighted by atomic mass is 35.5. The molecule has 0 saturated heterocycles. The fourth-order valence-corrected chi connectivity index (χ4v) is 3.67. The van der Waals surface area contributed by atoms with Crippen molar-refractivity contribution in [3.05, 3.63) is 46.2 Å². The van der Waals surface area contributed by atoms with Crippen LogP contribution in [0.4, 0.5) is 0 Å². The minimum atomic E-state index is -4.64. The van der Waals surface area contributed by atoms with Crippen LogP contribution in [-0.2, 0) is 23.2 Å². The Bertz CT molecular complexity index is 702. The lowest BCUT2D eigenvalue weighted by Gasteiger charge is -2.13. The van der Waals surface area contributed by atoms with E-state index in [-0.39, 0.29) is 5.48 Å². The number of nitrogens with one attached hydrogen (secondary N) is 2. The van der Waals surface area contributed by atoms with Crippen LogP contribution < -0.4 is 5.32 Å². The van der Waals surface area contributed by atoms with Gasteiger partial charge in [-0.05, 0) is 48.7 Å². The molecule has 0 aliphatic carbocycles. The maximum atomic E-state index is 8.88. The number of imidazole rings is 1. The maximum Gasteiger partial charge on any atom is 0.466 e. The van der Waals surface area contributed by atoms with Crippen LogP contribution in [0, 0.1) is 0 Å². The lowest BCUT2D eigenvalue weighted by molar-refractivity contribution is 0.275. The second-order valence-electron chi connectivity index (χ2n) is 5.11. The zero-order chi connectivity index (χ0) is 17.6. The molecule has 0 spiro atoms. The largest absolute Gasteiger partial charge is 0.466 e. The van der Waals surface area contributed by atoms with Crippen molar-refractivity contribution in [3.8, 4) is 0 Å². The lowest BCUT2D eigenvalue weighted by atomic mass is 9.98. The van der Waals surface area contributed by atoms with Gasteiger partial charge >= 0.3 is 7.82 Å². The third-order valence-electron chi connectivity index (χ3n) is 3.42. The van der Waals surface area contributed by atoms with Crippen molar-refractivity contribution in [1.29, 1.82) is 0 Å². The highest BCUT2D eigenvalue weighted by molar-refractivity contribution is 7.98. The summed E-state index contributed by atoms with van der Waals surface area (Å²) in [7, 11) is -4.64. The van der Waals surface area contributed by atoms with Gasteiger partial charge in [-0.1, -0.05) is 29.4 Å². The summed E-state index contributed by atoms with van der Waals surface area (Å²) in [5.41, 5.74) is 4.13. The molecule has 140 valence electrons. The number of nitrogens with zero attached hydrogens (tertiary/aromatic N) is 1. The molecule has 0 radical (unpaired) electrons. The van der Waals surface area contributed by atoms with E-state index < -0.39 is 7.82 Å². The standard InChI is InChI=1S/C14H16ClN3S.H3O4P.H2O/c15-13-2-1-10-3-5-16-6-4-11(10)12(13)9-19-14-17-7-8-18-14;1-5(2,3)4;/h1-2,7-8,16H,3-6,9H2,(H,17,18);(H3,1,2,3,4);1H2. The van der Waals surface area contributed by atoms with E-state index >= 15 is 0 Å². The molecule has 0 atom stereocenters. The smallest absolute Gasteiger partial charge is 0.412 e. The fourth-order valence-electron chi connectivity index (χ4n) is 2.45. The van der Waals surface area contributed by atoms with Gasteiger partial charge in [0.15, 0.2) is 5.16 Å². The molecule has 3 rings (SSSR count). The molecule has 1 aromatic carbocycles. The molecular formula is C14H21ClN3O5PS. The van der Waals surface area contributed by atoms with E-state index in [1.54, 1.807) is 18.0 Å². The van der Waals surface area contributed by atoms with Crippen molar-refractivity contribution >= 4 is 31.2 Å². The summed E-state index contributed by atoms with van der Waals surface area (Å²) < 4.78 is 8.88. The Hall–Kier alpha value is -0.900. The molecule has 11 heteroatoms. The quantitative estimate of drug-likeness (QED) is 0.378. The van der Waals surface area contributed by atoms with Gasteiger partial charge in [-0.2, -0.15) is 0 Å². The molecule has 0 unspecified atom stereocenters. The highest BCUT2D eigenvalue weighted by Gasteiger charge is 2.15. The van der Waals surface area contributed by atoms with Crippen molar-refractivity contribution in [2.24, 2.45) is 0 Å². The van der Waals surface area contributed by atoms with Crippen LogP contribution in [0.3, 0.4) is 0 Å². The van der Waals surface area contributed by atoms with Gasteiger partial charge in [-0.3, -0.25) is 0 Å². The molecular weight excluding hydrogens is 389 g/mol. The number of thioether (sulfide) groups is 1. The summed E-state index contributed by atoms with van der Waals surface area (Å²) >= 11 is 8.09. The van der Waals surface area contributed by atoms with Crippen LogP contribution in [0.25, 0.3) is 0 Å². The third-order valence-corrected chi connectivity index (χ3v) is 4.70. The Labute approximate surface area is 154 Å². The van der Waals surface area contributed by atoms with E-state index in [0.29, 0.717) is 0 Å². The third kappa shape index (κ3) is 7.89. The van der Waals surface area contributed by atoms with Crippen molar-refractivity contribution in [2.45, 2.75) is 23.8 Å². The summed E-state index contributed by atoms with van der Waals surface area (Å²) in [5.74, 6) is 0.871. The minimum Gasteiger partial charge on any atom is -0.412 e. The minimum absolute atomic E-state index is 0. The molecule has 1 aliphatic rings. The summed E-state index contributed by atoms with van der Waals surface area (Å²) in [6, 6.07) is 4.20. The average molecular weight is 410 g/mol. The van der Waals surface area contributed by atoms with Crippen LogP contribution in [0.2, 0.25) is 5.02 Å². The number of H-pyrrole nitrogens is 1. The van der Waals surface area contributed by atoms with Gasteiger partial charge in [0, 0.05) is 23.2 Å². The molecule has 2 heterocycles. The van der Waals surface area contributed by atoms with Gasteiger partial charge in [0.1, 0.15) is 0 Å². The number of hydrogen-bond acceptors (Lipinski definition) is 4. The molecule has 1 aromatic heterocycles. The van der Waals surface area contributed by atoms with Gasteiger partial charge in [-0.15, -0.1) is 0 Å². The molecule has 0 saturated carbocycles. The Balaban J connectivity index is 0.000000462. The number of hydrogen-bond donors (Lipinski definition) is 5.